The molecule has 2 rings (SSSR count). The average molecular weight is 205 g/mol. The van der Waals surface area contributed by atoms with E-state index in [4.69, 9.17) is 0 Å². The number of hydrogen-bond acceptors (Lipinski definition) is 3. The largest absolute Gasteiger partial charge is 0.304 e. The zero-order chi connectivity index (χ0) is 11.3. The second-order valence-electron chi connectivity index (χ2n) is 2.74. The van der Waals surface area contributed by atoms with E-state index >= 15 is 0 Å². The standard InChI is InChI=1S/C9H9N3O.C2H6/c1-2-8(13)7-6-12-4-3-10-5-9(12)11-7;1-2/h3-6H,2H2,1H3;1-2H3. The maximum absolute atomic E-state index is 11.3. The van der Waals surface area contributed by atoms with Gasteiger partial charge < -0.3 is 4.40 Å². The second-order valence-corrected chi connectivity index (χ2v) is 2.74. The van der Waals surface area contributed by atoms with Gasteiger partial charge in [0.25, 0.3) is 0 Å². The molecule has 2 aromatic rings. The third-order valence-electron chi connectivity index (χ3n) is 1.87. The Labute approximate surface area is 89.0 Å². The molecule has 15 heavy (non-hydrogen) atoms. The highest BCUT2D eigenvalue weighted by molar-refractivity contribution is 5.94. The van der Waals surface area contributed by atoms with E-state index in [0.717, 1.165) is 0 Å². The van der Waals surface area contributed by atoms with Crippen LogP contribution in [-0.4, -0.2) is 20.2 Å². The van der Waals surface area contributed by atoms with Gasteiger partial charge in [-0.1, -0.05) is 20.8 Å². The quantitative estimate of drug-likeness (QED) is 0.707. The van der Waals surface area contributed by atoms with E-state index in [2.05, 4.69) is 9.97 Å². The lowest BCUT2D eigenvalue weighted by Crippen LogP contribution is -1.95. The predicted octanol–water partition coefficient (Wildman–Crippen LogP) is 2.35. The minimum Gasteiger partial charge on any atom is -0.304 e. The second kappa shape index (κ2) is 5.24. The van der Waals surface area contributed by atoms with E-state index in [0.29, 0.717) is 17.8 Å². The van der Waals surface area contributed by atoms with Crippen molar-refractivity contribution in [3.63, 3.8) is 0 Å². The topological polar surface area (TPSA) is 47.3 Å². The highest BCUT2D eigenvalue weighted by atomic mass is 16.1. The van der Waals surface area contributed by atoms with Gasteiger partial charge in [0.05, 0.1) is 6.20 Å². The lowest BCUT2D eigenvalue weighted by atomic mass is 10.2. The summed E-state index contributed by atoms with van der Waals surface area (Å²) >= 11 is 0. The fourth-order valence-corrected chi connectivity index (χ4v) is 1.16. The zero-order valence-corrected chi connectivity index (χ0v) is 9.27. The molecule has 0 aliphatic carbocycles. The van der Waals surface area contributed by atoms with Crippen LogP contribution in [0.5, 0.6) is 0 Å². The van der Waals surface area contributed by atoms with E-state index in [-0.39, 0.29) is 5.78 Å². The summed E-state index contributed by atoms with van der Waals surface area (Å²) in [5.74, 6) is 0.0590. The van der Waals surface area contributed by atoms with Crippen molar-refractivity contribution in [1.82, 2.24) is 14.4 Å². The van der Waals surface area contributed by atoms with Gasteiger partial charge in [-0.25, -0.2) is 4.98 Å². The molecule has 0 aliphatic heterocycles. The van der Waals surface area contributed by atoms with Gasteiger partial charge in [-0.2, -0.15) is 0 Å². The summed E-state index contributed by atoms with van der Waals surface area (Å²) in [5, 5.41) is 0. The first-order chi connectivity index (χ1) is 7.31. The first-order valence-electron chi connectivity index (χ1n) is 5.13. The minimum absolute atomic E-state index is 0.0590. The number of rotatable bonds is 2. The Bertz CT molecular complexity index is 415. The number of carbonyl (C=O) groups excluding carboxylic acids is 1. The molecule has 0 unspecified atom stereocenters. The zero-order valence-electron chi connectivity index (χ0n) is 9.27. The molecule has 0 fully saturated rings. The Hall–Kier alpha value is -1.71. The first-order valence-corrected chi connectivity index (χ1v) is 5.13. The smallest absolute Gasteiger partial charge is 0.182 e. The molecule has 0 atom stereocenters. The maximum atomic E-state index is 11.3. The van der Waals surface area contributed by atoms with Gasteiger partial charge in [0.1, 0.15) is 5.69 Å². The number of imidazole rings is 1. The Balaban J connectivity index is 0.000000531. The number of aromatic nitrogens is 3. The summed E-state index contributed by atoms with van der Waals surface area (Å²) in [6.45, 7) is 5.82. The van der Waals surface area contributed by atoms with Crippen LogP contribution in [0.4, 0.5) is 0 Å². The number of Topliss-reactive ketones (excluding diaryl/α,β-unsaturated/α-hetero) is 1. The molecular weight excluding hydrogens is 190 g/mol. The van der Waals surface area contributed by atoms with Gasteiger partial charge in [0, 0.05) is 25.0 Å². The van der Waals surface area contributed by atoms with Gasteiger partial charge >= 0.3 is 0 Å². The number of hydrogen-bond donors (Lipinski definition) is 0. The molecule has 2 aromatic heterocycles. The number of fused-ring (bicyclic) bond motifs is 1. The van der Waals surface area contributed by atoms with Gasteiger partial charge in [-0.15, -0.1) is 0 Å². The molecule has 0 saturated carbocycles. The van der Waals surface area contributed by atoms with Crippen LogP contribution in [0.2, 0.25) is 0 Å². The first kappa shape index (κ1) is 11.4. The normalized spacial score (nSPS) is 9.53. The summed E-state index contributed by atoms with van der Waals surface area (Å²) < 4.78 is 1.79. The predicted molar refractivity (Wildman–Crippen MR) is 59.0 cm³/mol. The van der Waals surface area contributed by atoms with E-state index in [9.17, 15) is 4.79 Å². The molecule has 4 heteroatoms. The van der Waals surface area contributed by atoms with Crippen molar-refractivity contribution in [2.24, 2.45) is 0 Å². The number of nitrogens with zero attached hydrogens (tertiary/aromatic N) is 3. The summed E-state index contributed by atoms with van der Waals surface area (Å²) in [5.41, 5.74) is 1.22. The summed E-state index contributed by atoms with van der Waals surface area (Å²) in [4.78, 5) is 19.3. The highest BCUT2D eigenvalue weighted by Gasteiger charge is 2.07. The molecule has 0 saturated heterocycles. The van der Waals surface area contributed by atoms with Crippen LogP contribution in [0, 0.1) is 0 Å². The monoisotopic (exact) mass is 205 g/mol. The van der Waals surface area contributed by atoms with Gasteiger partial charge in [-0.05, 0) is 0 Å². The van der Waals surface area contributed by atoms with Crippen molar-refractivity contribution in [2.45, 2.75) is 27.2 Å². The molecule has 0 aliphatic rings. The van der Waals surface area contributed by atoms with Crippen LogP contribution in [0.25, 0.3) is 5.65 Å². The van der Waals surface area contributed by atoms with Crippen LogP contribution < -0.4 is 0 Å². The summed E-state index contributed by atoms with van der Waals surface area (Å²) in [6.07, 6.45) is 7.27. The summed E-state index contributed by atoms with van der Waals surface area (Å²) in [6, 6.07) is 0. The van der Waals surface area contributed by atoms with Crippen molar-refractivity contribution in [3.05, 3.63) is 30.5 Å². The van der Waals surface area contributed by atoms with Crippen LogP contribution in [-0.2, 0) is 0 Å². The van der Waals surface area contributed by atoms with E-state index < -0.39 is 0 Å². The molecule has 80 valence electrons. The fraction of sp³-hybridized carbons (Fsp3) is 0.364. The molecule has 0 amide bonds. The van der Waals surface area contributed by atoms with E-state index in [1.807, 2.05) is 20.8 Å². The molecule has 0 aromatic carbocycles. The molecule has 0 spiro atoms. The lowest BCUT2D eigenvalue weighted by molar-refractivity contribution is 0.0984. The Morgan fingerprint density at radius 1 is 1.47 bits per heavy atom. The van der Waals surface area contributed by atoms with E-state index in [1.165, 1.54) is 0 Å². The number of ketones is 1. The molecule has 0 N–H and O–H groups in total. The van der Waals surface area contributed by atoms with Crippen molar-refractivity contribution >= 4 is 11.4 Å². The summed E-state index contributed by atoms with van der Waals surface area (Å²) in [7, 11) is 0. The van der Waals surface area contributed by atoms with E-state index in [1.54, 1.807) is 29.2 Å². The SMILES string of the molecule is CC.CCC(=O)c1cn2ccncc2n1. The Kier molecular flexibility index (Phi) is 3.97. The highest BCUT2D eigenvalue weighted by Crippen LogP contribution is 2.04. The van der Waals surface area contributed by atoms with Crippen LogP contribution in [0.15, 0.2) is 24.8 Å². The third-order valence-corrected chi connectivity index (χ3v) is 1.87. The average Bonchev–Trinajstić information content (AvgIpc) is 2.74. The van der Waals surface area contributed by atoms with Gasteiger partial charge in [-0.3, -0.25) is 9.78 Å². The van der Waals surface area contributed by atoms with Crippen LogP contribution in [0.3, 0.4) is 0 Å². The van der Waals surface area contributed by atoms with Crippen LogP contribution in [0.1, 0.15) is 37.7 Å². The molecule has 4 nitrogen and oxygen atoms in total. The number of carbonyl (C=O) groups is 1. The van der Waals surface area contributed by atoms with Crippen molar-refractivity contribution in [3.8, 4) is 0 Å². The lowest BCUT2D eigenvalue weighted by Gasteiger charge is -1.86. The maximum Gasteiger partial charge on any atom is 0.182 e. The fourth-order valence-electron chi connectivity index (χ4n) is 1.16. The van der Waals surface area contributed by atoms with Crippen molar-refractivity contribution in [2.75, 3.05) is 0 Å². The van der Waals surface area contributed by atoms with Crippen molar-refractivity contribution < 1.29 is 4.79 Å². The molecule has 2 heterocycles. The van der Waals surface area contributed by atoms with Crippen molar-refractivity contribution in [1.29, 1.82) is 0 Å². The Morgan fingerprint density at radius 2 is 2.20 bits per heavy atom. The molecule has 0 radical (unpaired) electrons. The van der Waals surface area contributed by atoms with Gasteiger partial charge in [0.2, 0.25) is 0 Å². The minimum atomic E-state index is 0.0590. The molecular formula is C11H15N3O. The van der Waals surface area contributed by atoms with Crippen LogP contribution >= 0.6 is 0 Å². The third kappa shape index (κ3) is 2.40. The molecule has 0 bridgehead atoms. The Morgan fingerprint density at radius 3 is 2.80 bits per heavy atom. The van der Waals surface area contributed by atoms with Gasteiger partial charge in [0.15, 0.2) is 11.4 Å².